The number of anilines is 2. The first-order chi connectivity index (χ1) is 13.4. The third-order valence-corrected chi connectivity index (χ3v) is 5.74. The number of carbonyl (C=O) groups excluding carboxylic acids is 1. The highest BCUT2D eigenvalue weighted by molar-refractivity contribution is 7.92. The molecule has 0 aliphatic carbocycles. The van der Waals surface area contributed by atoms with Crippen LogP contribution in [-0.4, -0.2) is 53.4 Å². The number of amides is 1. The highest BCUT2D eigenvalue weighted by Gasteiger charge is 2.34. The van der Waals surface area contributed by atoms with E-state index in [1.807, 2.05) is 37.4 Å². The van der Waals surface area contributed by atoms with Crippen LogP contribution >= 0.6 is 0 Å². The molecule has 0 fully saturated rings. The van der Waals surface area contributed by atoms with Crippen LogP contribution in [0.5, 0.6) is 5.75 Å². The Kier molecular flexibility index (Phi) is 6.08. The van der Waals surface area contributed by atoms with E-state index >= 15 is 0 Å². The summed E-state index contributed by atoms with van der Waals surface area (Å²) in [5.74, 6) is 0.0775. The van der Waals surface area contributed by atoms with E-state index < -0.39 is 16.1 Å². The maximum absolute atomic E-state index is 12.5. The number of nitrogens with zero attached hydrogens (tertiary/aromatic N) is 2. The number of nitrogens with one attached hydrogen (secondary N) is 1. The molecule has 0 bridgehead atoms. The lowest BCUT2D eigenvalue weighted by molar-refractivity contribution is -0.127. The van der Waals surface area contributed by atoms with E-state index in [1.165, 1.54) is 4.31 Å². The SMILES string of the molecule is CN(CCCNC(=O)[C@@H]1CN(S(C)(=O)=O)c2ccccc2O1)c1ccccc1. The Morgan fingerprint density at radius 1 is 1.18 bits per heavy atom. The quantitative estimate of drug-likeness (QED) is 0.714. The van der Waals surface area contributed by atoms with Crippen molar-refractivity contribution < 1.29 is 17.9 Å². The minimum atomic E-state index is -3.51. The number of rotatable bonds is 7. The molecule has 150 valence electrons. The number of carbonyl (C=O) groups is 1. The van der Waals surface area contributed by atoms with Crippen molar-refractivity contribution >= 4 is 27.3 Å². The van der Waals surface area contributed by atoms with E-state index in [1.54, 1.807) is 24.3 Å². The molecule has 1 heterocycles. The van der Waals surface area contributed by atoms with Gasteiger partial charge in [-0.15, -0.1) is 0 Å². The van der Waals surface area contributed by atoms with Crippen molar-refractivity contribution in [1.29, 1.82) is 0 Å². The van der Waals surface area contributed by atoms with Crippen molar-refractivity contribution in [1.82, 2.24) is 5.32 Å². The fraction of sp³-hybridized carbons (Fsp3) is 0.350. The number of ether oxygens (including phenoxy) is 1. The van der Waals surface area contributed by atoms with Crippen molar-refractivity contribution in [2.45, 2.75) is 12.5 Å². The number of fused-ring (bicyclic) bond motifs is 1. The monoisotopic (exact) mass is 403 g/mol. The Morgan fingerprint density at radius 3 is 2.57 bits per heavy atom. The number of hydrogen-bond donors (Lipinski definition) is 1. The summed E-state index contributed by atoms with van der Waals surface area (Å²) in [5, 5.41) is 2.85. The minimum Gasteiger partial charge on any atom is -0.476 e. The Bertz CT molecular complexity index is 918. The van der Waals surface area contributed by atoms with Gasteiger partial charge in [0.2, 0.25) is 10.0 Å². The first kappa shape index (κ1) is 20.0. The number of benzene rings is 2. The molecule has 8 heteroatoms. The molecule has 0 radical (unpaired) electrons. The summed E-state index contributed by atoms with van der Waals surface area (Å²) in [4.78, 5) is 14.6. The van der Waals surface area contributed by atoms with Gasteiger partial charge in [-0.3, -0.25) is 9.10 Å². The maximum Gasteiger partial charge on any atom is 0.263 e. The van der Waals surface area contributed by atoms with Gasteiger partial charge < -0.3 is 15.0 Å². The molecule has 0 saturated carbocycles. The van der Waals surface area contributed by atoms with Crippen molar-refractivity contribution in [2.75, 3.05) is 42.1 Å². The summed E-state index contributed by atoms with van der Waals surface area (Å²) in [7, 11) is -1.50. The fourth-order valence-corrected chi connectivity index (χ4v) is 4.02. The Balaban J connectivity index is 1.55. The average Bonchev–Trinajstić information content (AvgIpc) is 2.70. The lowest BCUT2D eigenvalue weighted by Gasteiger charge is -2.33. The number of para-hydroxylation sites is 3. The fourth-order valence-electron chi connectivity index (χ4n) is 3.11. The highest BCUT2D eigenvalue weighted by Crippen LogP contribution is 2.34. The summed E-state index contributed by atoms with van der Waals surface area (Å²) in [5.41, 5.74) is 1.57. The molecule has 28 heavy (non-hydrogen) atoms. The van der Waals surface area contributed by atoms with Crippen LogP contribution < -0.4 is 19.3 Å². The summed E-state index contributed by atoms with van der Waals surface area (Å²) >= 11 is 0. The van der Waals surface area contributed by atoms with Gasteiger partial charge in [0.05, 0.1) is 18.5 Å². The van der Waals surface area contributed by atoms with E-state index in [0.29, 0.717) is 18.0 Å². The molecule has 0 spiro atoms. The van der Waals surface area contributed by atoms with Crippen LogP contribution in [0.15, 0.2) is 54.6 Å². The van der Waals surface area contributed by atoms with Crippen LogP contribution in [0.25, 0.3) is 0 Å². The zero-order chi connectivity index (χ0) is 20.1. The standard InChI is InChI=1S/C20H25N3O4S/c1-22(16-9-4-3-5-10-16)14-8-13-21-20(24)19-15-23(28(2,25)26)17-11-6-7-12-18(17)27-19/h3-7,9-12,19H,8,13-15H2,1-2H3,(H,21,24)/t19-/m0/s1. The largest absolute Gasteiger partial charge is 0.476 e. The van der Waals surface area contributed by atoms with Gasteiger partial charge >= 0.3 is 0 Å². The van der Waals surface area contributed by atoms with Gasteiger partial charge in [-0.2, -0.15) is 0 Å². The molecule has 1 N–H and O–H groups in total. The van der Waals surface area contributed by atoms with Crippen molar-refractivity contribution in [2.24, 2.45) is 0 Å². The molecule has 1 atom stereocenters. The Labute approximate surface area is 166 Å². The molecule has 2 aromatic rings. The summed E-state index contributed by atoms with van der Waals surface area (Å²) in [6.45, 7) is 1.23. The van der Waals surface area contributed by atoms with Gasteiger partial charge in [0.15, 0.2) is 6.10 Å². The first-order valence-electron chi connectivity index (χ1n) is 9.13. The second kappa shape index (κ2) is 8.52. The minimum absolute atomic E-state index is 0.0361. The lowest BCUT2D eigenvalue weighted by atomic mass is 10.2. The van der Waals surface area contributed by atoms with Crippen molar-refractivity contribution in [3.05, 3.63) is 54.6 Å². The van der Waals surface area contributed by atoms with Gasteiger partial charge in [-0.05, 0) is 30.7 Å². The molecule has 7 nitrogen and oxygen atoms in total. The molecular formula is C20H25N3O4S. The third kappa shape index (κ3) is 4.75. The molecule has 0 saturated heterocycles. The van der Waals surface area contributed by atoms with Crippen LogP contribution in [-0.2, 0) is 14.8 Å². The van der Waals surface area contributed by atoms with Gasteiger partial charge in [0.25, 0.3) is 5.91 Å². The van der Waals surface area contributed by atoms with Crippen LogP contribution in [0, 0.1) is 0 Å². The summed E-state index contributed by atoms with van der Waals surface area (Å²) < 4.78 is 31.2. The second-order valence-electron chi connectivity index (χ2n) is 6.77. The number of sulfonamides is 1. The van der Waals surface area contributed by atoms with Crippen molar-refractivity contribution in [3.63, 3.8) is 0 Å². The third-order valence-electron chi connectivity index (χ3n) is 4.59. The smallest absolute Gasteiger partial charge is 0.263 e. The first-order valence-corrected chi connectivity index (χ1v) is 11.0. The van der Waals surface area contributed by atoms with E-state index in [2.05, 4.69) is 10.2 Å². The zero-order valence-corrected chi connectivity index (χ0v) is 16.9. The van der Waals surface area contributed by atoms with Gasteiger partial charge in [0, 0.05) is 25.8 Å². The van der Waals surface area contributed by atoms with E-state index in [-0.39, 0.29) is 12.5 Å². The lowest BCUT2D eigenvalue weighted by Crippen LogP contribution is -2.50. The van der Waals surface area contributed by atoms with Crippen LogP contribution in [0.4, 0.5) is 11.4 Å². The number of hydrogen-bond acceptors (Lipinski definition) is 5. The molecule has 1 aliphatic heterocycles. The second-order valence-corrected chi connectivity index (χ2v) is 8.68. The predicted molar refractivity (Wildman–Crippen MR) is 110 cm³/mol. The Hall–Kier alpha value is -2.74. The van der Waals surface area contributed by atoms with Gasteiger partial charge in [-0.25, -0.2) is 8.42 Å². The zero-order valence-electron chi connectivity index (χ0n) is 16.0. The van der Waals surface area contributed by atoms with Gasteiger partial charge in [-0.1, -0.05) is 30.3 Å². The molecule has 0 unspecified atom stereocenters. The maximum atomic E-state index is 12.5. The Morgan fingerprint density at radius 2 is 1.86 bits per heavy atom. The molecule has 0 aromatic heterocycles. The van der Waals surface area contributed by atoms with Crippen LogP contribution in [0.1, 0.15) is 6.42 Å². The molecular weight excluding hydrogens is 378 g/mol. The topological polar surface area (TPSA) is 79.0 Å². The van der Waals surface area contributed by atoms with E-state index in [0.717, 1.165) is 24.9 Å². The molecule has 1 amide bonds. The van der Waals surface area contributed by atoms with Crippen LogP contribution in [0.3, 0.4) is 0 Å². The summed E-state index contributed by atoms with van der Waals surface area (Å²) in [6, 6.07) is 16.8. The summed E-state index contributed by atoms with van der Waals surface area (Å²) in [6.07, 6.45) is 1.01. The predicted octanol–water partition coefficient (Wildman–Crippen LogP) is 1.86. The molecule has 1 aliphatic rings. The van der Waals surface area contributed by atoms with Crippen LogP contribution in [0.2, 0.25) is 0 Å². The molecule has 2 aromatic carbocycles. The highest BCUT2D eigenvalue weighted by atomic mass is 32.2. The normalized spacial score (nSPS) is 16.1. The van der Waals surface area contributed by atoms with E-state index in [9.17, 15) is 13.2 Å². The molecule has 3 rings (SSSR count). The van der Waals surface area contributed by atoms with Crippen molar-refractivity contribution in [3.8, 4) is 5.75 Å². The van der Waals surface area contributed by atoms with Gasteiger partial charge in [0.1, 0.15) is 5.75 Å². The van der Waals surface area contributed by atoms with E-state index in [4.69, 9.17) is 4.74 Å². The average molecular weight is 404 g/mol.